The third-order valence-corrected chi connectivity index (χ3v) is 4.63. The minimum atomic E-state index is -3.72. The third-order valence-electron chi connectivity index (χ3n) is 3.70. The van der Waals surface area contributed by atoms with E-state index in [0.717, 1.165) is 10.9 Å². The number of aromatic nitrogens is 1. The monoisotopic (exact) mass is 341 g/mol. The average molecular weight is 341 g/mol. The smallest absolute Gasteiger partial charge is 0.251 e. The van der Waals surface area contributed by atoms with Gasteiger partial charge in [0.15, 0.2) is 0 Å². The van der Waals surface area contributed by atoms with Crippen molar-refractivity contribution >= 4 is 32.8 Å². The Morgan fingerprint density at radius 1 is 1.08 bits per heavy atom. The van der Waals surface area contributed by atoms with E-state index >= 15 is 0 Å². The first-order chi connectivity index (χ1) is 11.4. The standard InChI is InChI=1S/C17H15N3O3S/c1-20-16-5-3-2-4-15(16)12(10-17(20)21)11-19-13-6-8-14(9-7-13)24(18,22)23/h2-11H,1H3,(H2,18,22,23). The second-order valence-corrected chi connectivity index (χ2v) is 6.87. The van der Waals surface area contributed by atoms with Gasteiger partial charge in [-0.05, 0) is 30.3 Å². The van der Waals surface area contributed by atoms with Crippen LogP contribution in [0.1, 0.15) is 5.56 Å². The zero-order valence-corrected chi connectivity index (χ0v) is 13.7. The Morgan fingerprint density at radius 2 is 1.75 bits per heavy atom. The highest BCUT2D eigenvalue weighted by Gasteiger charge is 2.07. The number of pyridine rings is 1. The van der Waals surface area contributed by atoms with Gasteiger partial charge in [0.05, 0.1) is 16.1 Å². The van der Waals surface area contributed by atoms with E-state index in [9.17, 15) is 13.2 Å². The molecule has 0 bridgehead atoms. The Balaban J connectivity index is 2.02. The highest BCUT2D eigenvalue weighted by Crippen LogP contribution is 2.18. The van der Waals surface area contributed by atoms with Crippen molar-refractivity contribution in [3.05, 3.63) is 70.5 Å². The molecule has 3 aromatic rings. The normalized spacial score (nSPS) is 12.1. The lowest BCUT2D eigenvalue weighted by atomic mass is 10.1. The van der Waals surface area contributed by atoms with E-state index in [1.165, 1.54) is 18.2 Å². The molecule has 1 aromatic heterocycles. The first-order valence-electron chi connectivity index (χ1n) is 7.12. The minimum absolute atomic E-state index is 0.0282. The lowest BCUT2D eigenvalue weighted by Crippen LogP contribution is -2.17. The van der Waals surface area contributed by atoms with Crippen molar-refractivity contribution in [1.29, 1.82) is 0 Å². The number of rotatable bonds is 3. The predicted octanol–water partition coefficient (Wildman–Crippen LogP) is 1.94. The highest BCUT2D eigenvalue weighted by molar-refractivity contribution is 7.89. The van der Waals surface area contributed by atoms with Crippen LogP contribution in [0.15, 0.2) is 69.3 Å². The maximum Gasteiger partial charge on any atom is 0.251 e. The molecule has 122 valence electrons. The fourth-order valence-electron chi connectivity index (χ4n) is 2.41. The van der Waals surface area contributed by atoms with E-state index < -0.39 is 10.0 Å². The molecule has 0 atom stereocenters. The first kappa shape index (κ1) is 16.1. The summed E-state index contributed by atoms with van der Waals surface area (Å²) in [4.78, 5) is 16.4. The number of nitrogens with zero attached hydrogens (tertiary/aromatic N) is 2. The second kappa shape index (κ2) is 6.03. The highest BCUT2D eigenvalue weighted by atomic mass is 32.2. The molecule has 0 radical (unpaired) electrons. The van der Waals surface area contributed by atoms with Gasteiger partial charge in [0, 0.05) is 30.3 Å². The topological polar surface area (TPSA) is 94.5 Å². The summed E-state index contributed by atoms with van der Waals surface area (Å²) in [6.45, 7) is 0. The molecule has 24 heavy (non-hydrogen) atoms. The lowest BCUT2D eigenvalue weighted by molar-refractivity contribution is 0.598. The summed E-state index contributed by atoms with van der Waals surface area (Å²) in [6, 6.07) is 15.0. The fourth-order valence-corrected chi connectivity index (χ4v) is 2.92. The van der Waals surface area contributed by atoms with Gasteiger partial charge in [-0.3, -0.25) is 9.79 Å². The molecule has 0 saturated carbocycles. The Hall–Kier alpha value is -2.77. The van der Waals surface area contributed by atoms with Gasteiger partial charge in [-0.1, -0.05) is 18.2 Å². The van der Waals surface area contributed by atoms with Crippen molar-refractivity contribution in [3.8, 4) is 0 Å². The zero-order valence-electron chi connectivity index (χ0n) is 12.9. The van der Waals surface area contributed by atoms with Gasteiger partial charge in [0.2, 0.25) is 10.0 Å². The number of para-hydroxylation sites is 1. The number of sulfonamides is 1. The van der Waals surface area contributed by atoms with Crippen LogP contribution in [0.25, 0.3) is 10.9 Å². The van der Waals surface area contributed by atoms with Gasteiger partial charge in [-0.15, -0.1) is 0 Å². The molecule has 0 amide bonds. The predicted molar refractivity (Wildman–Crippen MR) is 94.3 cm³/mol. The van der Waals surface area contributed by atoms with Crippen LogP contribution in [0, 0.1) is 0 Å². The van der Waals surface area contributed by atoms with Gasteiger partial charge in [0.1, 0.15) is 0 Å². The molecular formula is C17H15N3O3S. The summed E-state index contributed by atoms with van der Waals surface area (Å²) >= 11 is 0. The van der Waals surface area contributed by atoms with Gasteiger partial charge >= 0.3 is 0 Å². The van der Waals surface area contributed by atoms with Crippen LogP contribution in [-0.2, 0) is 17.1 Å². The van der Waals surface area contributed by atoms with Gasteiger partial charge in [-0.2, -0.15) is 0 Å². The van der Waals surface area contributed by atoms with Crippen LogP contribution in [0.5, 0.6) is 0 Å². The van der Waals surface area contributed by atoms with Crippen LogP contribution in [-0.4, -0.2) is 19.2 Å². The average Bonchev–Trinajstić information content (AvgIpc) is 2.56. The molecule has 2 aromatic carbocycles. The summed E-state index contributed by atoms with van der Waals surface area (Å²) in [5.74, 6) is 0. The Kier molecular flexibility index (Phi) is 4.04. The molecule has 2 N–H and O–H groups in total. The number of aliphatic imine (C=N–C) groups is 1. The summed E-state index contributed by atoms with van der Waals surface area (Å²) in [5, 5.41) is 5.97. The number of fused-ring (bicyclic) bond motifs is 1. The van der Waals surface area contributed by atoms with Gasteiger partial charge in [-0.25, -0.2) is 13.6 Å². The summed E-state index contributed by atoms with van der Waals surface area (Å²) in [7, 11) is -2.00. The largest absolute Gasteiger partial charge is 0.311 e. The van der Waals surface area contributed by atoms with Crippen molar-refractivity contribution < 1.29 is 8.42 Å². The SMILES string of the molecule is Cn1c(=O)cc(C=Nc2ccc(S(N)(=O)=O)cc2)c2ccccc21. The fraction of sp³-hybridized carbons (Fsp3) is 0.0588. The number of aryl methyl sites for hydroxylation is 1. The number of hydrogen-bond donors (Lipinski definition) is 1. The molecule has 0 spiro atoms. The second-order valence-electron chi connectivity index (χ2n) is 5.31. The number of nitrogens with two attached hydrogens (primary N) is 1. The van der Waals surface area contributed by atoms with Crippen molar-refractivity contribution in [3.63, 3.8) is 0 Å². The van der Waals surface area contributed by atoms with Crippen LogP contribution in [0.3, 0.4) is 0 Å². The molecule has 1 heterocycles. The van der Waals surface area contributed by atoms with Crippen molar-refractivity contribution in [2.24, 2.45) is 17.2 Å². The molecular weight excluding hydrogens is 326 g/mol. The molecule has 0 unspecified atom stereocenters. The summed E-state index contributed by atoms with van der Waals surface area (Å²) < 4.78 is 24.1. The molecule has 7 heteroatoms. The van der Waals surface area contributed by atoms with Gasteiger partial charge in [0.25, 0.3) is 5.56 Å². The molecule has 0 fully saturated rings. The van der Waals surface area contributed by atoms with E-state index in [4.69, 9.17) is 5.14 Å². The zero-order chi connectivity index (χ0) is 17.3. The van der Waals surface area contributed by atoms with Gasteiger partial charge < -0.3 is 4.57 Å². The summed E-state index contributed by atoms with van der Waals surface area (Å²) in [5.41, 5.74) is 1.95. The van der Waals surface area contributed by atoms with Crippen LogP contribution in [0.2, 0.25) is 0 Å². The maximum atomic E-state index is 12.0. The van der Waals surface area contributed by atoms with E-state index in [1.807, 2.05) is 24.3 Å². The summed E-state index contributed by atoms with van der Waals surface area (Å²) in [6.07, 6.45) is 1.59. The molecule has 0 saturated heterocycles. The molecule has 6 nitrogen and oxygen atoms in total. The number of primary sulfonamides is 1. The van der Waals surface area contributed by atoms with Crippen LogP contribution < -0.4 is 10.7 Å². The maximum absolute atomic E-state index is 12.0. The molecule has 0 aliphatic rings. The molecule has 0 aliphatic carbocycles. The first-order valence-corrected chi connectivity index (χ1v) is 8.66. The van der Waals surface area contributed by atoms with Crippen molar-refractivity contribution in [2.75, 3.05) is 0 Å². The van der Waals surface area contributed by atoms with Crippen LogP contribution in [0.4, 0.5) is 5.69 Å². The quantitative estimate of drug-likeness (QED) is 0.738. The Labute approximate surface area is 138 Å². The lowest BCUT2D eigenvalue weighted by Gasteiger charge is -2.06. The van der Waals surface area contributed by atoms with Crippen molar-refractivity contribution in [1.82, 2.24) is 4.57 Å². The molecule has 3 rings (SSSR count). The molecule has 0 aliphatic heterocycles. The third kappa shape index (κ3) is 3.12. The van der Waals surface area contributed by atoms with Crippen molar-refractivity contribution in [2.45, 2.75) is 4.90 Å². The Bertz CT molecular complexity index is 1100. The van der Waals surface area contributed by atoms with E-state index in [1.54, 1.807) is 30.0 Å². The minimum Gasteiger partial charge on any atom is -0.311 e. The number of hydrogen-bond acceptors (Lipinski definition) is 4. The number of benzene rings is 2. The van der Waals surface area contributed by atoms with E-state index in [0.29, 0.717) is 11.3 Å². The van der Waals surface area contributed by atoms with Crippen LogP contribution >= 0.6 is 0 Å². The van der Waals surface area contributed by atoms with E-state index in [2.05, 4.69) is 4.99 Å². The van der Waals surface area contributed by atoms with E-state index in [-0.39, 0.29) is 10.5 Å². The Morgan fingerprint density at radius 3 is 2.42 bits per heavy atom.